The van der Waals surface area contributed by atoms with E-state index >= 15 is 0 Å². The zero-order valence-corrected chi connectivity index (χ0v) is 19.6. The Kier molecular flexibility index (Phi) is 8.22. The van der Waals surface area contributed by atoms with E-state index < -0.39 is 10.0 Å². The fourth-order valence-electron chi connectivity index (χ4n) is 3.62. The Bertz CT molecular complexity index is 992. The number of halogens is 2. The maximum Gasteiger partial charge on any atom is 0.224 e. The summed E-state index contributed by atoms with van der Waals surface area (Å²) < 4.78 is 32.4. The van der Waals surface area contributed by atoms with Crippen molar-refractivity contribution in [3.05, 3.63) is 63.6 Å². The van der Waals surface area contributed by atoms with Gasteiger partial charge in [0.1, 0.15) is 5.75 Å². The number of rotatable bonds is 8. The lowest BCUT2D eigenvalue weighted by atomic mass is 9.99. The minimum absolute atomic E-state index is 0.121. The molecule has 1 fully saturated rings. The smallest absolute Gasteiger partial charge is 0.224 e. The molecule has 1 heterocycles. The van der Waals surface area contributed by atoms with Crippen molar-refractivity contribution in [3.8, 4) is 5.75 Å². The SMILES string of the molecule is COc1ccc(CCNC(=O)[C@H]2CCCN(S(=O)(=O)Cc3c(Cl)cccc3Cl)C2)cc1. The van der Waals surface area contributed by atoms with Crippen LogP contribution in [0.25, 0.3) is 0 Å². The highest BCUT2D eigenvalue weighted by Crippen LogP contribution is 2.29. The molecular formula is C22H26Cl2N2O4S. The van der Waals surface area contributed by atoms with Crippen molar-refractivity contribution in [1.82, 2.24) is 9.62 Å². The fraction of sp³-hybridized carbons (Fsp3) is 0.409. The third-order valence-corrected chi connectivity index (χ3v) is 7.89. The van der Waals surface area contributed by atoms with Crippen molar-refractivity contribution in [2.45, 2.75) is 25.0 Å². The number of ether oxygens (including phenoxy) is 1. The molecule has 0 spiro atoms. The number of nitrogens with one attached hydrogen (secondary N) is 1. The van der Waals surface area contributed by atoms with Crippen LogP contribution in [0.15, 0.2) is 42.5 Å². The first-order valence-corrected chi connectivity index (χ1v) is 12.5. The summed E-state index contributed by atoms with van der Waals surface area (Å²) in [6, 6.07) is 12.6. The maximum atomic E-state index is 12.9. The minimum atomic E-state index is -3.65. The molecule has 1 saturated heterocycles. The van der Waals surface area contributed by atoms with Gasteiger partial charge in [0.05, 0.1) is 18.8 Å². The summed E-state index contributed by atoms with van der Waals surface area (Å²) >= 11 is 12.3. The second-order valence-corrected chi connectivity index (χ2v) is 10.3. The standard InChI is InChI=1S/C22H26Cl2N2O4S/c1-30-18-9-7-16(8-10-18)11-12-25-22(27)17-4-3-13-26(14-17)31(28,29)15-19-20(23)5-2-6-21(19)24/h2,5-10,17H,3-4,11-15H2,1H3,(H,25,27)/t17-/m0/s1. The van der Waals surface area contributed by atoms with Crippen molar-refractivity contribution < 1.29 is 17.9 Å². The lowest BCUT2D eigenvalue weighted by Crippen LogP contribution is -2.46. The van der Waals surface area contributed by atoms with Crippen LogP contribution in [-0.2, 0) is 27.0 Å². The molecule has 9 heteroatoms. The number of benzene rings is 2. The van der Waals surface area contributed by atoms with Crippen molar-refractivity contribution in [3.63, 3.8) is 0 Å². The minimum Gasteiger partial charge on any atom is -0.497 e. The topological polar surface area (TPSA) is 75.7 Å². The summed E-state index contributed by atoms with van der Waals surface area (Å²) in [6.45, 7) is 1.04. The molecule has 2 aromatic rings. The van der Waals surface area contributed by atoms with Crippen LogP contribution >= 0.6 is 23.2 Å². The van der Waals surface area contributed by atoms with Gasteiger partial charge in [-0.3, -0.25) is 4.79 Å². The van der Waals surface area contributed by atoms with Gasteiger partial charge >= 0.3 is 0 Å². The quantitative estimate of drug-likeness (QED) is 0.616. The lowest BCUT2D eigenvalue weighted by molar-refractivity contribution is -0.126. The van der Waals surface area contributed by atoms with E-state index in [-0.39, 0.29) is 24.1 Å². The van der Waals surface area contributed by atoms with Gasteiger partial charge in [-0.1, -0.05) is 41.4 Å². The number of piperidine rings is 1. The molecule has 0 saturated carbocycles. The molecule has 31 heavy (non-hydrogen) atoms. The average Bonchev–Trinajstić information content (AvgIpc) is 2.77. The molecule has 0 bridgehead atoms. The van der Waals surface area contributed by atoms with Crippen molar-refractivity contribution in [2.24, 2.45) is 5.92 Å². The van der Waals surface area contributed by atoms with Gasteiger partial charge in [-0.15, -0.1) is 0 Å². The van der Waals surface area contributed by atoms with Gasteiger partial charge < -0.3 is 10.1 Å². The molecule has 3 rings (SSSR count). The monoisotopic (exact) mass is 484 g/mol. The van der Waals surface area contributed by atoms with Crippen LogP contribution in [0.2, 0.25) is 10.0 Å². The highest BCUT2D eigenvalue weighted by molar-refractivity contribution is 7.88. The van der Waals surface area contributed by atoms with E-state index in [1.807, 2.05) is 24.3 Å². The average molecular weight is 485 g/mol. The third-order valence-electron chi connectivity index (χ3n) is 5.41. The Hall–Kier alpha value is -1.80. The van der Waals surface area contributed by atoms with Gasteiger partial charge in [0.15, 0.2) is 0 Å². The van der Waals surface area contributed by atoms with E-state index in [1.165, 1.54) is 4.31 Å². The van der Waals surface area contributed by atoms with Crippen molar-refractivity contribution >= 4 is 39.1 Å². The summed E-state index contributed by atoms with van der Waals surface area (Å²) in [6.07, 6.45) is 1.98. The second-order valence-electron chi connectivity index (χ2n) is 7.54. The number of nitrogens with zero attached hydrogens (tertiary/aromatic N) is 1. The number of sulfonamides is 1. The van der Waals surface area contributed by atoms with Crippen LogP contribution in [-0.4, -0.2) is 45.4 Å². The van der Waals surface area contributed by atoms with Crippen LogP contribution in [0.5, 0.6) is 5.75 Å². The molecule has 1 aliphatic rings. The summed E-state index contributed by atoms with van der Waals surface area (Å²) in [7, 11) is -2.03. The molecule has 168 valence electrons. The molecule has 1 N–H and O–H groups in total. The highest BCUT2D eigenvalue weighted by Gasteiger charge is 2.33. The van der Waals surface area contributed by atoms with Gasteiger partial charge in [-0.2, -0.15) is 0 Å². The molecule has 1 atom stereocenters. The van der Waals surface area contributed by atoms with Crippen LogP contribution in [0.4, 0.5) is 0 Å². The highest BCUT2D eigenvalue weighted by atomic mass is 35.5. The molecule has 0 aromatic heterocycles. The van der Waals surface area contributed by atoms with E-state index in [0.717, 1.165) is 11.3 Å². The van der Waals surface area contributed by atoms with Crippen LogP contribution in [0.3, 0.4) is 0 Å². The van der Waals surface area contributed by atoms with E-state index in [1.54, 1.807) is 25.3 Å². The number of carbonyl (C=O) groups excluding carboxylic acids is 1. The number of methoxy groups -OCH3 is 1. The zero-order chi connectivity index (χ0) is 22.4. The first kappa shape index (κ1) is 23.9. The molecule has 0 aliphatic carbocycles. The van der Waals surface area contributed by atoms with Crippen LogP contribution in [0, 0.1) is 5.92 Å². The normalized spacial score (nSPS) is 17.3. The first-order chi connectivity index (χ1) is 14.8. The Labute approximate surface area is 193 Å². The molecule has 2 aromatic carbocycles. The van der Waals surface area contributed by atoms with Gasteiger partial charge in [0.2, 0.25) is 15.9 Å². The molecule has 1 amide bonds. The number of hydrogen-bond donors (Lipinski definition) is 1. The largest absolute Gasteiger partial charge is 0.497 e. The second kappa shape index (κ2) is 10.7. The van der Waals surface area contributed by atoms with E-state index in [4.69, 9.17) is 27.9 Å². The third kappa shape index (κ3) is 6.35. The Balaban J connectivity index is 1.55. The van der Waals surface area contributed by atoms with Gasteiger partial charge in [-0.25, -0.2) is 12.7 Å². The zero-order valence-electron chi connectivity index (χ0n) is 17.3. The first-order valence-electron chi connectivity index (χ1n) is 10.1. The van der Waals surface area contributed by atoms with Gasteiger partial charge in [0.25, 0.3) is 0 Å². The van der Waals surface area contributed by atoms with Gasteiger partial charge in [-0.05, 0) is 49.1 Å². The fourth-order valence-corrected chi connectivity index (χ4v) is 5.98. The summed E-state index contributed by atoms with van der Waals surface area (Å²) in [4.78, 5) is 12.6. The summed E-state index contributed by atoms with van der Waals surface area (Å²) in [5, 5.41) is 3.58. The lowest BCUT2D eigenvalue weighted by Gasteiger charge is -2.31. The summed E-state index contributed by atoms with van der Waals surface area (Å²) in [5.41, 5.74) is 1.47. The summed E-state index contributed by atoms with van der Waals surface area (Å²) in [5.74, 6) is 0.0109. The Morgan fingerprint density at radius 3 is 2.48 bits per heavy atom. The van der Waals surface area contributed by atoms with E-state index in [2.05, 4.69) is 5.32 Å². The van der Waals surface area contributed by atoms with Crippen LogP contribution in [0.1, 0.15) is 24.0 Å². The molecule has 0 radical (unpaired) electrons. The molecule has 1 aliphatic heterocycles. The predicted molar refractivity (Wildman–Crippen MR) is 123 cm³/mol. The maximum absolute atomic E-state index is 12.9. The number of amides is 1. The predicted octanol–water partition coefficient (Wildman–Crippen LogP) is 3.90. The Morgan fingerprint density at radius 1 is 1.16 bits per heavy atom. The van der Waals surface area contributed by atoms with Gasteiger partial charge in [0, 0.05) is 35.2 Å². The van der Waals surface area contributed by atoms with Crippen molar-refractivity contribution in [2.75, 3.05) is 26.7 Å². The van der Waals surface area contributed by atoms with E-state index in [0.29, 0.717) is 48.0 Å². The Morgan fingerprint density at radius 2 is 1.84 bits per heavy atom. The number of hydrogen-bond acceptors (Lipinski definition) is 4. The van der Waals surface area contributed by atoms with Crippen LogP contribution < -0.4 is 10.1 Å². The van der Waals surface area contributed by atoms with Crippen molar-refractivity contribution in [1.29, 1.82) is 0 Å². The molecule has 0 unspecified atom stereocenters. The molecule has 6 nitrogen and oxygen atoms in total. The molecular weight excluding hydrogens is 459 g/mol. The van der Waals surface area contributed by atoms with E-state index in [9.17, 15) is 13.2 Å². The number of carbonyl (C=O) groups is 1.